The second-order valence-electron chi connectivity index (χ2n) is 6.11. The lowest BCUT2D eigenvalue weighted by molar-refractivity contribution is 0.454. The maximum atomic E-state index is 14.2. The van der Waals surface area contributed by atoms with E-state index < -0.39 is 0 Å². The van der Waals surface area contributed by atoms with Crippen molar-refractivity contribution < 1.29 is 4.39 Å². The van der Waals surface area contributed by atoms with Gasteiger partial charge in [-0.05, 0) is 37.5 Å². The molecule has 21 heavy (non-hydrogen) atoms. The molecule has 0 heterocycles. The third kappa shape index (κ3) is 6.15. The normalized spacial score (nSPS) is 12.6. The average molecular weight is 294 g/mol. The van der Waals surface area contributed by atoms with Gasteiger partial charge in [0.05, 0.1) is 0 Å². The minimum atomic E-state index is -0.140. The molecule has 1 aromatic rings. The molecule has 0 aliphatic carbocycles. The molecule has 0 aliphatic heterocycles. The van der Waals surface area contributed by atoms with Gasteiger partial charge >= 0.3 is 0 Å². The van der Waals surface area contributed by atoms with Crippen molar-refractivity contribution in [1.29, 1.82) is 0 Å². The van der Waals surface area contributed by atoms with Gasteiger partial charge in [0, 0.05) is 11.6 Å². The number of unbranched alkanes of at least 4 members (excludes halogenated alkanes) is 6. The Balaban J connectivity index is 2.45. The summed E-state index contributed by atoms with van der Waals surface area (Å²) in [7, 11) is 0. The molecule has 0 aliphatic rings. The summed E-state index contributed by atoms with van der Waals surface area (Å²) in [6.07, 6.45) is 9.72. The minimum absolute atomic E-state index is 0.0822. The van der Waals surface area contributed by atoms with Crippen LogP contribution in [0.1, 0.15) is 81.0 Å². The molecular formula is C18H31FN2. The van der Waals surface area contributed by atoms with Gasteiger partial charge in [-0.3, -0.25) is 11.3 Å². The maximum absolute atomic E-state index is 14.2. The van der Waals surface area contributed by atoms with E-state index >= 15 is 0 Å². The van der Waals surface area contributed by atoms with Crippen LogP contribution < -0.4 is 11.3 Å². The number of rotatable bonds is 10. The standard InChI is InChI=1S/C18H31FN2/c1-4-5-6-7-8-9-10-11-17(21-20)18-15(3)12-14(2)13-16(18)19/h12-13,17,21H,4-11,20H2,1-3H3. The number of aryl methyl sites for hydroxylation is 2. The van der Waals surface area contributed by atoms with E-state index in [1.807, 2.05) is 19.9 Å². The van der Waals surface area contributed by atoms with Crippen molar-refractivity contribution >= 4 is 0 Å². The Morgan fingerprint density at radius 3 is 2.24 bits per heavy atom. The van der Waals surface area contributed by atoms with Crippen LogP contribution in [0.5, 0.6) is 0 Å². The van der Waals surface area contributed by atoms with E-state index in [0.29, 0.717) is 0 Å². The summed E-state index contributed by atoms with van der Waals surface area (Å²) >= 11 is 0. The van der Waals surface area contributed by atoms with E-state index in [9.17, 15) is 4.39 Å². The molecule has 0 fully saturated rings. The van der Waals surface area contributed by atoms with Crippen LogP contribution >= 0.6 is 0 Å². The summed E-state index contributed by atoms with van der Waals surface area (Å²) in [5.41, 5.74) is 5.46. The first kappa shape index (κ1) is 18.1. The summed E-state index contributed by atoms with van der Waals surface area (Å²) in [6, 6.07) is 3.53. The molecule has 120 valence electrons. The Morgan fingerprint density at radius 1 is 1.05 bits per heavy atom. The minimum Gasteiger partial charge on any atom is -0.271 e. The second-order valence-corrected chi connectivity index (χ2v) is 6.11. The molecule has 0 amide bonds. The smallest absolute Gasteiger partial charge is 0.128 e. The zero-order chi connectivity index (χ0) is 15.7. The molecule has 3 heteroatoms. The molecule has 0 saturated heterocycles. The number of hydrogen-bond donors (Lipinski definition) is 2. The van der Waals surface area contributed by atoms with E-state index in [-0.39, 0.29) is 11.9 Å². The lowest BCUT2D eigenvalue weighted by Gasteiger charge is -2.20. The number of hydrogen-bond acceptors (Lipinski definition) is 2. The lowest BCUT2D eigenvalue weighted by atomic mass is 9.94. The SMILES string of the molecule is CCCCCCCCCC(NN)c1c(C)cc(C)cc1F. The van der Waals surface area contributed by atoms with Gasteiger partial charge < -0.3 is 0 Å². The number of nitrogens with one attached hydrogen (secondary N) is 1. The van der Waals surface area contributed by atoms with E-state index in [2.05, 4.69) is 12.3 Å². The molecule has 0 aromatic heterocycles. The third-order valence-electron chi connectivity index (χ3n) is 4.13. The lowest BCUT2D eigenvalue weighted by Crippen LogP contribution is -2.29. The number of halogens is 1. The highest BCUT2D eigenvalue weighted by molar-refractivity contribution is 5.34. The second kappa shape index (κ2) is 9.91. The van der Waals surface area contributed by atoms with Crippen LogP contribution in [0.4, 0.5) is 4.39 Å². The summed E-state index contributed by atoms with van der Waals surface area (Å²) in [5.74, 6) is 5.50. The zero-order valence-electron chi connectivity index (χ0n) is 13.8. The Hall–Kier alpha value is -0.930. The zero-order valence-corrected chi connectivity index (χ0v) is 13.8. The Kier molecular flexibility index (Phi) is 8.55. The van der Waals surface area contributed by atoms with E-state index in [1.54, 1.807) is 6.07 Å². The quantitative estimate of drug-likeness (QED) is 0.358. The van der Waals surface area contributed by atoms with Crippen molar-refractivity contribution in [3.8, 4) is 0 Å². The van der Waals surface area contributed by atoms with Crippen LogP contribution in [0, 0.1) is 19.7 Å². The van der Waals surface area contributed by atoms with Gasteiger partial charge in [0.1, 0.15) is 5.82 Å². The molecule has 3 N–H and O–H groups in total. The van der Waals surface area contributed by atoms with Crippen molar-refractivity contribution in [1.82, 2.24) is 5.43 Å². The van der Waals surface area contributed by atoms with Crippen molar-refractivity contribution in [3.63, 3.8) is 0 Å². The highest BCUT2D eigenvalue weighted by Gasteiger charge is 2.17. The largest absolute Gasteiger partial charge is 0.271 e. The molecule has 1 rings (SSSR count). The highest BCUT2D eigenvalue weighted by Crippen LogP contribution is 2.26. The third-order valence-corrected chi connectivity index (χ3v) is 4.13. The molecule has 0 saturated carbocycles. The average Bonchev–Trinajstić information content (AvgIpc) is 2.43. The fourth-order valence-corrected chi connectivity index (χ4v) is 2.98. The molecule has 0 radical (unpaired) electrons. The summed E-state index contributed by atoms with van der Waals surface area (Å²) < 4.78 is 14.2. The van der Waals surface area contributed by atoms with Crippen LogP contribution in [0.25, 0.3) is 0 Å². The number of benzene rings is 1. The van der Waals surface area contributed by atoms with E-state index in [1.165, 1.54) is 38.5 Å². The van der Waals surface area contributed by atoms with Crippen LogP contribution in [0.2, 0.25) is 0 Å². The first-order chi connectivity index (χ1) is 10.1. The van der Waals surface area contributed by atoms with Gasteiger partial charge in [0.2, 0.25) is 0 Å². The summed E-state index contributed by atoms with van der Waals surface area (Å²) in [4.78, 5) is 0. The van der Waals surface area contributed by atoms with Crippen LogP contribution in [-0.2, 0) is 0 Å². The Labute approximate surface area is 129 Å². The first-order valence-corrected chi connectivity index (χ1v) is 8.33. The Morgan fingerprint density at radius 2 is 1.67 bits per heavy atom. The summed E-state index contributed by atoms with van der Waals surface area (Å²) in [5, 5.41) is 0. The van der Waals surface area contributed by atoms with E-state index in [0.717, 1.165) is 29.5 Å². The molecule has 0 bridgehead atoms. The topological polar surface area (TPSA) is 38.0 Å². The van der Waals surface area contributed by atoms with Gasteiger partial charge in [0.15, 0.2) is 0 Å². The molecule has 1 atom stereocenters. The first-order valence-electron chi connectivity index (χ1n) is 8.33. The molecule has 1 unspecified atom stereocenters. The van der Waals surface area contributed by atoms with Crippen LogP contribution in [0.3, 0.4) is 0 Å². The van der Waals surface area contributed by atoms with Crippen LogP contribution in [0.15, 0.2) is 12.1 Å². The maximum Gasteiger partial charge on any atom is 0.128 e. The van der Waals surface area contributed by atoms with Gasteiger partial charge in [-0.15, -0.1) is 0 Å². The Bertz CT molecular complexity index is 395. The molecule has 0 spiro atoms. The molecular weight excluding hydrogens is 263 g/mol. The monoisotopic (exact) mass is 294 g/mol. The van der Waals surface area contributed by atoms with Crippen LogP contribution in [-0.4, -0.2) is 0 Å². The number of nitrogens with two attached hydrogens (primary N) is 1. The van der Waals surface area contributed by atoms with Gasteiger partial charge in [-0.1, -0.05) is 57.9 Å². The van der Waals surface area contributed by atoms with Crippen molar-refractivity contribution in [2.45, 2.75) is 78.2 Å². The van der Waals surface area contributed by atoms with E-state index in [4.69, 9.17) is 5.84 Å². The molecule has 2 nitrogen and oxygen atoms in total. The predicted molar refractivity (Wildman–Crippen MR) is 88.5 cm³/mol. The van der Waals surface area contributed by atoms with Gasteiger partial charge in [-0.2, -0.15) is 0 Å². The van der Waals surface area contributed by atoms with Gasteiger partial charge in [-0.25, -0.2) is 4.39 Å². The fraction of sp³-hybridized carbons (Fsp3) is 0.667. The highest BCUT2D eigenvalue weighted by atomic mass is 19.1. The summed E-state index contributed by atoms with van der Waals surface area (Å²) in [6.45, 7) is 6.11. The number of hydrazine groups is 1. The van der Waals surface area contributed by atoms with Gasteiger partial charge in [0.25, 0.3) is 0 Å². The van der Waals surface area contributed by atoms with Crippen molar-refractivity contribution in [2.75, 3.05) is 0 Å². The predicted octanol–water partition coefficient (Wildman–Crippen LogP) is 5.09. The fourth-order valence-electron chi connectivity index (χ4n) is 2.98. The molecule has 1 aromatic carbocycles. The van der Waals surface area contributed by atoms with Crippen molar-refractivity contribution in [2.24, 2.45) is 5.84 Å². The van der Waals surface area contributed by atoms with Crippen molar-refractivity contribution in [3.05, 3.63) is 34.6 Å².